The zero-order chi connectivity index (χ0) is 18.1. The predicted octanol–water partition coefficient (Wildman–Crippen LogP) is 5.36. The summed E-state index contributed by atoms with van der Waals surface area (Å²) in [4.78, 5) is 0. The number of nitriles is 2. The van der Waals surface area contributed by atoms with Gasteiger partial charge in [-0.25, -0.2) is 0 Å². The molecule has 0 aromatic heterocycles. The molecule has 0 aliphatic carbocycles. The molecule has 0 spiro atoms. The van der Waals surface area contributed by atoms with E-state index in [0.717, 1.165) is 12.8 Å². The second kappa shape index (κ2) is 9.35. The van der Waals surface area contributed by atoms with Crippen molar-refractivity contribution < 1.29 is 9.47 Å². The Hall–Kier alpha value is -2.98. The van der Waals surface area contributed by atoms with Gasteiger partial charge in [0.1, 0.15) is 11.5 Å². The minimum atomic E-state index is 0.244. The third-order valence-electron chi connectivity index (χ3n) is 4.31. The third-order valence-corrected chi connectivity index (χ3v) is 4.31. The van der Waals surface area contributed by atoms with Crippen LogP contribution in [-0.2, 0) is 0 Å². The minimum absolute atomic E-state index is 0.244. The fourth-order valence-electron chi connectivity index (χ4n) is 3.12. The van der Waals surface area contributed by atoms with Crippen molar-refractivity contribution >= 4 is 0 Å². The van der Waals surface area contributed by atoms with Gasteiger partial charge in [-0.3, -0.25) is 0 Å². The minimum Gasteiger partial charge on any atom is -0.388 e. The molecule has 0 N–H and O–H groups in total. The average molecular weight is 334 g/mol. The molecule has 0 saturated heterocycles. The molecule has 0 saturated carbocycles. The van der Waals surface area contributed by atoms with Crippen LogP contribution in [0.3, 0.4) is 0 Å². The first-order valence-corrected chi connectivity index (χ1v) is 8.49. The van der Waals surface area contributed by atoms with Crippen LogP contribution in [0.1, 0.15) is 50.2 Å². The molecule has 4 nitrogen and oxygen atoms in total. The van der Waals surface area contributed by atoms with Gasteiger partial charge in [-0.05, 0) is 47.7 Å². The van der Waals surface area contributed by atoms with E-state index in [2.05, 4.69) is 13.8 Å². The Balaban J connectivity index is 2.28. The summed E-state index contributed by atoms with van der Waals surface area (Å²) in [5, 5.41) is 17.2. The highest BCUT2D eigenvalue weighted by molar-refractivity contribution is 5.38. The zero-order valence-electron chi connectivity index (χ0n) is 14.6. The topological polar surface area (TPSA) is 66.0 Å². The maximum absolute atomic E-state index is 8.62. The lowest BCUT2D eigenvalue weighted by Crippen LogP contribution is -2.07. The number of hydrogen-bond donors (Lipinski definition) is 0. The van der Waals surface area contributed by atoms with Crippen molar-refractivity contribution in [2.24, 2.45) is 5.92 Å². The lowest BCUT2D eigenvalue weighted by atomic mass is 9.83. The highest BCUT2D eigenvalue weighted by Gasteiger charge is 2.18. The van der Waals surface area contributed by atoms with Gasteiger partial charge in [-0.2, -0.15) is 0 Å². The molecule has 0 fully saturated rings. The molecular formula is C21H22N2O2. The summed E-state index contributed by atoms with van der Waals surface area (Å²) in [6.45, 7) is 4.48. The quantitative estimate of drug-likeness (QED) is 0.609. The highest BCUT2D eigenvalue weighted by atomic mass is 16.5. The largest absolute Gasteiger partial charge is 0.388 e. The van der Waals surface area contributed by atoms with Crippen molar-refractivity contribution in [1.29, 1.82) is 10.5 Å². The van der Waals surface area contributed by atoms with Gasteiger partial charge in [-0.1, -0.05) is 51.0 Å². The number of ether oxygens (including phenoxy) is 2. The van der Waals surface area contributed by atoms with Crippen LogP contribution in [0, 0.1) is 29.0 Å². The van der Waals surface area contributed by atoms with Crippen molar-refractivity contribution in [1.82, 2.24) is 0 Å². The summed E-state index contributed by atoms with van der Waals surface area (Å²) >= 11 is 0. The Morgan fingerprint density at radius 3 is 1.64 bits per heavy atom. The van der Waals surface area contributed by atoms with Crippen LogP contribution in [0.4, 0.5) is 0 Å². The second-order valence-electron chi connectivity index (χ2n) is 6.21. The van der Waals surface area contributed by atoms with Gasteiger partial charge in [0, 0.05) is 5.92 Å². The van der Waals surface area contributed by atoms with E-state index in [1.54, 1.807) is 12.5 Å². The predicted molar refractivity (Wildman–Crippen MR) is 95.9 cm³/mol. The average Bonchev–Trinajstić information content (AvgIpc) is 2.62. The van der Waals surface area contributed by atoms with Crippen molar-refractivity contribution in [2.45, 2.75) is 39.0 Å². The Kier molecular flexibility index (Phi) is 6.87. The Bertz CT molecular complexity index is 680. The van der Waals surface area contributed by atoms with Gasteiger partial charge in [0.25, 0.3) is 12.5 Å². The van der Waals surface area contributed by atoms with E-state index in [0.29, 0.717) is 17.4 Å². The lowest BCUT2D eigenvalue weighted by Gasteiger charge is -2.22. The first-order valence-electron chi connectivity index (χ1n) is 8.49. The van der Waals surface area contributed by atoms with Gasteiger partial charge in [0.05, 0.1) is 0 Å². The molecule has 2 rings (SSSR count). The fraction of sp³-hybridized carbons (Fsp3) is 0.333. The molecule has 1 unspecified atom stereocenters. The summed E-state index contributed by atoms with van der Waals surface area (Å²) in [7, 11) is 0. The van der Waals surface area contributed by atoms with E-state index < -0.39 is 0 Å². The molecule has 2 aromatic carbocycles. The van der Waals surface area contributed by atoms with Gasteiger partial charge < -0.3 is 9.47 Å². The second-order valence-corrected chi connectivity index (χ2v) is 6.21. The van der Waals surface area contributed by atoms with Gasteiger partial charge in [-0.15, -0.1) is 10.5 Å². The standard InChI is InChI=1S/C21H22N2O2/c1-3-4-16(2)13-21(17-5-9-19(10-6-17)24-14-22)18-7-11-20(12-8-18)25-15-23/h5-12,16,21H,3-4,13H2,1-2H3. The number of nitrogens with zero attached hydrogens (tertiary/aromatic N) is 2. The van der Waals surface area contributed by atoms with Crippen molar-refractivity contribution in [3.8, 4) is 24.0 Å². The molecule has 25 heavy (non-hydrogen) atoms. The van der Waals surface area contributed by atoms with Crippen LogP contribution in [0.25, 0.3) is 0 Å². The molecule has 1 atom stereocenters. The Morgan fingerprint density at radius 1 is 0.840 bits per heavy atom. The maximum Gasteiger partial charge on any atom is 0.292 e. The molecule has 0 aliphatic rings. The van der Waals surface area contributed by atoms with Crippen LogP contribution in [0.2, 0.25) is 0 Å². The van der Waals surface area contributed by atoms with Crippen LogP contribution in [0.5, 0.6) is 11.5 Å². The molecule has 2 aromatic rings. The van der Waals surface area contributed by atoms with Crippen LogP contribution in [0.15, 0.2) is 48.5 Å². The molecule has 0 heterocycles. The summed E-state index contributed by atoms with van der Waals surface area (Å²) in [6, 6.07) is 15.3. The molecule has 0 aliphatic heterocycles. The van der Waals surface area contributed by atoms with E-state index in [4.69, 9.17) is 20.0 Å². The Morgan fingerprint density at radius 2 is 1.28 bits per heavy atom. The third kappa shape index (κ3) is 5.26. The van der Waals surface area contributed by atoms with Crippen LogP contribution < -0.4 is 9.47 Å². The summed E-state index contributed by atoms with van der Waals surface area (Å²) < 4.78 is 9.73. The molecule has 4 heteroatoms. The fourth-order valence-corrected chi connectivity index (χ4v) is 3.12. The van der Waals surface area contributed by atoms with Gasteiger partial charge in [0.2, 0.25) is 0 Å². The van der Waals surface area contributed by atoms with Gasteiger partial charge in [0.15, 0.2) is 0 Å². The van der Waals surface area contributed by atoms with Gasteiger partial charge >= 0.3 is 0 Å². The molecule has 0 radical (unpaired) electrons. The summed E-state index contributed by atoms with van der Waals surface area (Å²) in [6.07, 6.45) is 6.76. The monoisotopic (exact) mass is 334 g/mol. The van der Waals surface area contributed by atoms with Crippen molar-refractivity contribution in [3.05, 3.63) is 59.7 Å². The number of rotatable bonds is 8. The van der Waals surface area contributed by atoms with Crippen LogP contribution in [-0.4, -0.2) is 0 Å². The van der Waals surface area contributed by atoms with E-state index >= 15 is 0 Å². The maximum atomic E-state index is 8.62. The zero-order valence-corrected chi connectivity index (χ0v) is 14.6. The van der Waals surface area contributed by atoms with E-state index in [-0.39, 0.29) is 5.92 Å². The first-order chi connectivity index (χ1) is 12.2. The SMILES string of the molecule is CCCC(C)CC(c1ccc(OC#N)cc1)c1ccc(OC#N)cc1. The Labute approximate surface area is 149 Å². The van der Waals surface area contributed by atoms with Crippen molar-refractivity contribution in [2.75, 3.05) is 0 Å². The summed E-state index contributed by atoms with van der Waals surface area (Å²) in [5.41, 5.74) is 2.37. The molecule has 0 amide bonds. The molecule has 0 bridgehead atoms. The smallest absolute Gasteiger partial charge is 0.292 e. The highest BCUT2D eigenvalue weighted by Crippen LogP contribution is 2.34. The van der Waals surface area contributed by atoms with Crippen LogP contribution >= 0.6 is 0 Å². The first kappa shape index (κ1) is 18.4. The molecule has 128 valence electrons. The number of hydrogen-bond acceptors (Lipinski definition) is 4. The van der Waals surface area contributed by atoms with E-state index in [1.807, 2.05) is 48.5 Å². The van der Waals surface area contributed by atoms with Crippen molar-refractivity contribution in [3.63, 3.8) is 0 Å². The lowest BCUT2D eigenvalue weighted by molar-refractivity contribution is 0.459. The van der Waals surface area contributed by atoms with E-state index in [1.165, 1.54) is 17.5 Å². The normalized spacial score (nSPS) is 11.4. The van der Waals surface area contributed by atoms with E-state index in [9.17, 15) is 0 Å². The molecular weight excluding hydrogens is 312 g/mol. The number of benzene rings is 2. The summed E-state index contributed by atoms with van der Waals surface area (Å²) in [5.74, 6) is 1.93.